The second-order valence-corrected chi connectivity index (χ2v) is 5.32. The lowest BCUT2D eigenvalue weighted by Crippen LogP contribution is -2.22. The van der Waals surface area contributed by atoms with E-state index < -0.39 is 0 Å². The topological polar surface area (TPSA) is 64.3 Å². The molecule has 0 radical (unpaired) electrons. The van der Waals surface area contributed by atoms with Crippen LogP contribution in [0.25, 0.3) is 0 Å². The Kier molecular flexibility index (Phi) is 5.01. The van der Waals surface area contributed by atoms with Gasteiger partial charge in [-0.3, -0.25) is 4.79 Å². The first kappa shape index (κ1) is 14.4. The van der Waals surface area contributed by atoms with Gasteiger partial charge in [0.25, 0.3) is 5.91 Å². The predicted octanol–water partition coefficient (Wildman–Crippen LogP) is 2.70. The molecular weight excluding hydrogens is 272 g/mol. The van der Waals surface area contributed by atoms with Crippen molar-refractivity contribution in [3.8, 4) is 5.75 Å². The van der Waals surface area contributed by atoms with Crippen LogP contribution in [0.5, 0.6) is 5.75 Å². The van der Waals surface area contributed by atoms with E-state index in [1.807, 2.05) is 18.4 Å². The number of thiophene rings is 1. The quantitative estimate of drug-likeness (QED) is 0.804. The molecule has 2 rings (SSSR count). The fraction of sp³-hybridized carbons (Fsp3) is 0.267. The fourth-order valence-corrected chi connectivity index (χ4v) is 2.49. The number of nitrogens with two attached hydrogens (primary N) is 1. The molecule has 0 atom stereocenters. The number of carbonyl (C=O) groups excluding carboxylic acids is 1. The van der Waals surface area contributed by atoms with Crippen LogP contribution in [-0.2, 0) is 6.42 Å². The lowest BCUT2D eigenvalue weighted by Gasteiger charge is -2.10. The SMILES string of the molecule is CCNC(=O)c1ccc(OCCc2cccs2)c(N)c1. The van der Waals surface area contributed by atoms with Crippen LogP contribution in [-0.4, -0.2) is 19.1 Å². The molecule has 20 heavy (non-hydrogen) atoms. The lowest BCUT2D eigenvalue weighted by molar-refractivity contribution is 0.0956. The Hall–Kier alpha value is -2.01. The molecule has 0 unspecified atom stereocenters. The second kappa shape index (κ2) is 6.96. The fourth-order valence-electron chi connectivity index (χ4n) is 1.80. The third-order valence-corrected chi connectivity index (χ3v) is 3.73. The van der Waals surface area contributed by atoms with Gasteiger partial charge in [-0.05, 0) is 36.6 Å². The smallest absolute Gasteiger partial charge is 0.251 e. The first-order valence-corrected chi connectivity index (χ1v) is 7.41. The minimum absolute atomic E-state index is 0.121. The Balaban J connectivity index is 1.93. The number of amides is 1. The summed E-state index contributed by atoms with van der Waals surface area (Å²) in [5.41, 5.74) is 6.95. The van der Waals surface area contributed by atoms with Gasteiger partial charge in [-0.1, -0.05) is 6.07 Å². The highest BCUT2D eigenvalue weighted by Crippen LogP contribution is 2.23. The van der Waals surface area contributed by atoms with E-state index in [2.05, 4.69) is 11.4 Å². The van der Waals surface area contributed by atoms with Crippen LogP contribution >= 0.6 is 11.3 Å². The second-order valence-electron chi connectivity index (χ2n) is 4.29. The van der Waals surface area contributed by atoms with Gasteiger partial charge in [-0.2, -0.15) is 0 Å². The standard InChI is InChI=1S/C15H18N2O2S/c1-2-17-15(18)11-5-6-14(13(16)10-11)19-8-7-12-4-3-9-20-12/h3-6,9-10H,2,7-8,16H2,1H3,(H,17,18). The van der Waals surface area contributed by atoms with Crippen molar-refractivity contribution in [3.05, 3.63) is 46.2 Å². The summed E-state index contributed by atoms with van der Waals surface area (Å²) >= 11 is 1.71. The molecule has 2 aromatic rings. The number of rotatable bonds is 6. The van der Waals surface area contributed by atoms with E-state index in [1.165, 1.54) is 4.88 Å². The van der Waals surface area contributed by atoms with Gasteiger partial charge in [0.1, 0.15) is 5.75 Å². The summed E-state index contributed by atoms with van der Waals surface area (Å²) in [4.78, 5) is 13.0. The van der Waals surface area contributed by atoms with E-state index >= 15 is 0 Å². The van der Waals surface area contributed by atoms with E-state index in [-0.39, 0.29) is 5.91 Å². The predicted molar refractivity (Wildman–Crippen MR) is 82.4 cm³/mol. The van der Waals surface area contributed by atoms with Crippen molar-refractivity contribution in [1.29, 1.82) is 0 Å². The number of hydrogen-bond donors (Lipinski definition) is 2. The maximum absolute atomic E-state index is 11.7. The zero-order valence-corrected chi connectivity index (χ0v) is 12.2. The molecule has 0 bridgehead atoms. The van der Waals surface area contributed by atoms with Crippen molar-refractivity contribution in [2.75, 3.05) is 18.9 Å². The molecular formula is C15H18N2O2S. The van der Waals surface area contributed by atoms with Crippen LogP contribution in [0.15, 0.2) is 35.7 Å². The van der Waals surface area contributed by atoms with E-state index in [0.29, 0.717) is 30.2 Å². The number of hydrogen-bond acceptors (Lipinski definition) is 4. The molecule has 1 heterocycles. The van der Waals surface area contributed by atoms with Crippen molar-refractivity contribution < 1.29 is 9.53 Å². The Morgan fingerprint density at radius 2 is 2.25 bits per heavy atom. The molecule has 5 heteroatoms. The molecule has 106 valence electrons. The summed E-state index contributed by atoms with van der Waals surface area (Å²) in [5, 5.41) is 4.78. The summed E-state index contributed by atoms with van der Waals surface area (Å²) in [5.74, 6) is 0.499. The normalized spacial score (nSPS) is 10.2. The van der Waals surface area contributed by atoms with Gasteiger partial charge in [0, 0.05) is 23.4 Å². The van der Waals surface area contributed by atoms with Crippen molar-refractivity contribution in [3.63, 3.8) is 0 Å². The molecule has 3 N–H and O–H groups in total. The van der Waals surface area contributed by atoms with Gasteiger partial charge in [-0.15, -0.1) is 11.3 Å². The molecule has 1 aromatic carbocycles. The third kappa shape index (κ3) is 3.74. The van der Waals surface area contributed by atoms with Gasteiger partial charge in [-0.25, -0.2) is 0 Å². The highest BCUT2D eigenvalue weighted by molar-refractivity contribution is 7.09. The van der Waals surface area contributed by atoms with Crippen molar-refractivity contribution in [2.45, 2.75) is 13.3 Å². The molecule has 0 aliphatic heterocycles. The summed E-state index contributed by atoms with van der Waals surface area (Å²) in [7, 11) is 0. The van der Waals surface area contributed by atoms with Crippen molar-refractivity contribution >= 4 is 22.9 Å². The summed E-state index contributed by atoms with van der Waals surface area (Å²) in [6.07, 6.45) is 0.856. The maximum atomic E-state index is 11.7. The van der Waals surface area contributed by atoms with E-state index in [9.17, 15) is 4.79 Å². The van der Waals surface area contributed by atoms with E-state index in [1.54, 1.807) is 29.5 Å². The molecule has 0 aliphatic rings. The van der Waals surface area contributed by atoms with Crippen LogP contribution in [0.2, 0.25) is 0 Å². The number of ether oxygens (including phenoxy) is 1. The van der Waals surface area contributed by atoms with Crippen molar-refractivity contribution in [1.82, 2.24) is 5.32 Å². The van der Waals surface area contributed by atoms with Crippen LogP contribution in [0, 0.1) is 0 Å². The van der Waals surface area contributed by atoms with Gasteiger partial charge < -0.3 is 15.8 Å². The molecule has 0 saturated heterocycles. The van der Waals surface area contributed by atoms with Crippen LogP contribution < -0.4 is 15.8 Å². The lowest BCUT2D eigenvalue weighted by atomic mass is 10.1. The molecule has 0 spiro atoms. The average molecular weight is 290 g/mol. The molecule has 1 aromatic heterocycles. The highest BCUT2D eigenvalue weighted by atomic mass is 32.1. The van der Waals surface area contributed by atoms with Crippen LogP contribution in [0.1, 0.15) is 22.2 Å². The van der Waals surface area contributed by atoms with E-state index in [0.717, 1.165) is 6.42 Å². The molecule has 0 saturated carbocycles. The first-order chi connectivity index (χ1) is 9.70. The first-order valence-electron chi connectivity index (χ1n) is 6.53. The highest BCUT2D eigenvalue weighted by Gasteiger charge is 2.08. The van der Waals surface area contributed by atoms with Gasteiger partial charge in [0.15, 0.2) is 0 Å². The maximum Gasteiger partial charge on any atom is 0.251 e. The molecule has 4 nitrogen and oxygen atoms in total. The van der Waals surface area contributed by atoms with Gasteiger partial charge in [0.05, 0.1) is 12.3 Å². The van der Waals surface area contributed by atoms with Crippen LogP contribution in [0.3, 0.4) is 0 Å². The third-order valence-electron chi connectivity index (χ3n) is 2.80. The molecule has 0 fully saturated rings. The monoisotopic (exact) mass is 290 g/mol. The summed E-state index contributed by atoms with van der Waals surface area (Å²) < 4.78 is 5.65. The van der Waals surface area contributed by atoms with Gasteiger partial charge >= 0.3 is 0 Å². The minimum Gasteiger partial charge on any atom is -0.491 e. The number of nitrogens with one attached hydrogen (secondary N) is 1. The van der Waals surface area contributed by atoms with Crippen LogP contribution in [0.4, 0.5) is 5.69 Å². The van der Waals surface area contributed by atoms with Crippen molar-refractivity contribution in [2.24, 2.45) is 0 Å². The Bertz CT molecular complexity index is 567. The molecule has 1 amide bonds. The number of nitrogen functional groups attached to an aromatic ring is 1. The number of benzene rings is 1. The Morgan fingerprint density at radius 1 is 1.40 bits per heavy atom. The zero-order chi connectivity index (χ0) is 14.4. The Labute approximate surface area is 122 Å². The zero-order valence-electron chi connectivity index (χ0n) is 11.4. The minimum atomic E-state index is -0.121. The van der Waals surface area contributed by atoms with Gasteiger partial charge in [0.2, 0.25) is 0 Å². The molecule has 0 aliphatic carbocycles. The summed E-state index contributed by atoms with van der Waals surface area (Å²) in [6.45, 7) is 3.05. The Morgan fingerprint density at radius 3 is 2.90 bits per heavy atom. The summed E-state index contributed by atoms with van der Waals surface area (Å²) in [6, 6.07) is 9.21. The number of anilines is 1. The number of carbonyl (C=O) groups is 1. The van der Waals surface area contributed by atoms with E-state index in [4.69, 9.17) is 10.5 Å². The average Bonchev–Trinajstić information content (AvgIpc) is 2.94. The largest absolute Gasteiger partial charge is 0.491 e.